The number of rotatable bonds is 6. The van der Waals surface area contributed by atoms with Gasteiger partial charge in [-0.2, -0.15) is 0 Å². The van der Waals surface area contributed by atoms with Crippen LogP contribution in [0.2, 0.25) is 0 Å². The first-order valence-corrected chi connectivity index (χ1v) is 8.23. The summed E-state index contributed by atoms with van der Waals surface area (Å²) in [4.78, 5) is 10.7. The average Bonchev–Trinajstić information content (AvgIpc) is 2.59. The van der Waals surface area contributed by atoms with Crippen molar-refractivity contribution in [3.8, 4) is 11.6 Å². The van der Waals surface area contributed by atoms with Crippen molar-refractivity contribution >= 4 is 0 Å². The molecular weight excluding hydrogens is 310 g/mol. The van der Waals surface area contributed by atoms with Gasteiger partial charge in [0, 0.05) is 19.3 Å². The fourth-order valence-electron chi connectivity index (χ4n) is 2.60. The van der Waals surface area contributed by atoms with Crippen LogP contribution in [0.25, 0.3) is 0 Å². The maximum Gasteiger partial charge on any atom is 0.238 e. The standard InChI is InChI=1S/C21H22N3O/c1-16-4-6-18(7-5-16)14-24(3)15-19-8-10-20(11-9-19)25-21-13-22-12-17(2)23-21/h4-13H,1,14-15H2,2-3H3. The lowest BCUT2D eigenvalue weighted by atomic mass is 10.1. The maximum atomic E-state index is 5.73. The van der Waals surface area contributed by atoms with E-state index in [4.69, 9.17) is 4.74 Å². The summed E-state index contributed by atoms with van der Waals surface area (Å²) in [5, 5.41) is 0. The number of aromatic nitrogens is 2. The summed E-state index contributed by atoms with van der Waals surface area (Å²) in [7, 11) is 2.12. The van der Waals surface area contributed by atoms with E-state index in [-0.39, 0.29) is 0 Å². The third-order valence-corrected chi connectivity index (χ3v) is 3.81. The van der Waals surface area contributed by atoms with Gasteiger partial charge in [-0.1, -0.05) is 36.4 Å². The van der Waals surface area contributed by atoms with Crippen LogP contribution in [0.1, 0.15) is 22.4 Å². The first-order valence-electron chi connectivity index (χ1n) is 8.23. The zero-order valence-electron chi connectivity index (χ0n) is 14.6. The fraction of sp³-hybridized carbons (Fsp3) is 0.190. The van der Waals surface area contributed by atoms with Gasteiger partial charge in [-0.3, -0.25) is 9.88 Å². The predicted octanol–water partition coefficient (Wildman–Crippen LogP) is 4.39. The van der Waals surface area contributed by atoms with Gasteiger partial charge in [0.2, 0.25) is 5.88 Å². The molecule has 2 aromatic carbocycles. The van der Waals surface area contributed by atoms with E-state index in [2.05, 4.69) is 53.1 Å². The Labute approximate surface area is 149 Å². The molecule has 0 unspecified atom stereocenters. The number of aryl methyl sites for hydroxylation is 1. The molecule has 0 N–H and O–H groups in total. The normalized spacial score (nSPS) is 10.9. The van der Waals surface area contributed by atoms with Crippen LogP contribution in [0.3, 0.4) is 0 Å². The Morgan fingerprint density at radius 1 is 0.920 bits per heavy atom. The van der Waals surface area contributed by atoms with Crippen LogP contribution in [-0.4, -0.2) is 21.9 Å². The summed E-state index contributed by atoms with van der Waals surface area (Å²) in [5.74, 6) is 1.27. The molecule has 0 aliphatic heterocycles. The van der Waals surface area contributed by atoms with Gasteiger partial charge in [0.05, 0.1) is 11.9 Å². The van der Waals surface area contributed by atoms with E-state index in [9.17, 15) is 0 Å². The second kappa shape index (κ2) is 7.90. The zero-order chi connectivity index (χ0) is 17.6. The molecule has 0 saturated heterocycles. The lowest BCUT2D eigenvalue weighted by Crippen LogP contribution is -2.17. The van der Waals surface area contributed by atoms with Crippen molar-refractivity contribution in [2.24, 2.45) is 0 Å². The Bertz CT molecular complexity index is 813. The summed E-state index contributed by atoms with van der Waals surface area (Å²) >= 11 is 0. The zero-order valence-corrected chi connectivity index (χ0v) is 14.6. The molecule has 0 atom stereocenters. The molecule has 127 valence electrons. The predicted molar refractivity (Wildman–Crippen MR) is 99.4 cm³/mol. The third-order valence-electron chi connectivity index (χ3n) is 3.81. The Morgan fingerprint density at radius 2 is 1.52 bits per heavy atom. The van der Waals surface area contributed by atoms with Crippen LogP contribution in [0.5, 0.6) is 11.6 Å². The van der Waals surface area contributed by atoms with E-state index in [1.165, 1.54) is 11.1 Å². The van der Waals surface area contributed by atoms with Gasteiger partial charge in [-0.15, -0.1) is 0 Å². The fourth-order valence-corrected chi connectivity index (χ4v) is 2.60. The first-order chi connectivity index (χ1) is 12.1. The molecule has 3 aromatic rings. The van der Waals surface area contributed by atoms with E-state index in [0.29, 0.717) is 5.88 Å². The van der Waals surface area contributed by atoms with Crippen molar-refractivity contribution in [1.82, 2.24) is 14.9 Å². The van der Waals surface area contributed by atoms with Gasteiger partial charge in [-0.25, -0.2) is 4.98 Å². The first kappa shape index (κ1) is 17.1. The molecule has 4 heteroatoms. The third kappa shape index (κ3) is 5.13. The molecule has 0 fully saturated rings. The number of hydrogen-bond donors (Lipinski definition) is 0. The van der Waals surface area contributed by atoms with Crippen molar-refractivity contribution in [2.75, 3.05) is 7.05 Å². The van der Waals surface area contributed by atoms with Crippen LogP contribution >= 0.6 is 0 Å². The summed E-state index contributed by atoms with van der Waals surface area (Å²) in [6.45, 7) is 7.58. The highest BCUT2D eigenvalue weighted by molar-refractivity contribution is 5.30. The van der Waals surface area contributed by atoms with Gasteiger partial charge >= 0.3 is 0 Å². The van der Waals surface area contributed by atoms with Crippen molar-refractivity contribution in [2.45, 2.75) is 20.0 Å². The van der Waals surface area contributed by atoms with Gasteiger partial charge in [0.25, 0.3) is 0 Å². The molecule has 0 aliphatic carbocycles. The van der Waals surface area contributed by atoms with Gasteiger partial charge < -0.3 is 4.74 Å². The second-order valence-corrected chi connectivity index (χ2v) is 6.23. The van der Waals surface area contributed by atoms with E-state index in [1.807, 2.05) is 31.2 Å². The summed E-state index contributed by atoms with van der Waals surface area (Å²) in [6, 6.07) is 16.4. The molecule has 25 heavy (non-hydrogen) atoms. The average molecular weight is 332 g/mol. The van der Waals surface area contributed by atoms with Crippen LogP contribution < -0.4 is 4.74 Å². The highest BCUT2D eigenvalue weighted by Gasteiger charge is 2.04. The van der Waals surface area contributed by atoms with Gasteiger partial charge in [-0.05, 0) is 49.7 Å². The smallest absolute Gasteiger partial charge is 0.238 e. The Morgan fingerprint density at radius 3 is 2.12 bits per heavy atom. The lowest BCUT2D eigenvalue weighted by molar-refractivity contribution is 0.319. The number of benzene rings is 2. The molecule has 0 aliphatic rings. The molecule has 0 amide bonds. The monoisotopic (exact) mass is 332 g/mol. The minimum Gasteiger partial charge on any atom is -0.437 e. The van der Waals surface area contributed by atoms with Crippen molar-refractivity contribution in [3.63, 3.8) is 0 Å². The molecule has 0 bridgehead atoms. The minimum atomic E-state index is 0.513. The maximum absolute atomic E-state index is 5.73. The quantitative estimate of drug-likeness (QED) is 0.671. The molecule has 1 aromatic heterocycles. The van der Waals surface area contributed by atoms with Gasteiger partial charge in [0.15, 0.2) is 0 Å². The SMILES string of the molecule is [CH2]c1ccc(CN(C)Cc2ccc(Oc3cncc(C)n3)cc2)cc1. The van der Waals surface area contributed by atoms with Crippen LogP contribution in [0, 0.1) is 13.8 Å². The van der Waals surface area contributed by atoms with E-state index in [1.54, 1.807) is 12.4 Å². The molecule has 1 radical (unpaired) electrons. The summed E-state index contributed by atoms with van der Waals surface area (Å²) in [6.07, 6.45) is 3.32. The van der Waals surface area contributed by atoms with E-state index in [0.717, 1.165) is 30.1 Å². The van der Waals surface area contributed by atoms with Crippen LogP contribution in [-0.2, 0) is 13.1 Å². The molecule has 0 spiro atoms. The van der Waals surface area contributed by atoms with Gasteiger partial charge in [0.1, 0.15) is 5.75 Å². The molecule has 3 rings (SSSR count). The highest BCUT2D eigenvalue weighted by atomic mass is 16.5. The Balaban J connectivity index is 1.57. The van der Waals surface area contributed by atoms with Crippen LogP contribution in [0.15, 0.2) is 60.9 Å². The van der Waals surface area contributed by atoms with E-state index < -0.39 is 0 Å². The van der Waals surface area contributed by atoms with Crippen molar-refractivity contribution < 1.29 is 4.74 Å². The van der Waals surface area contributed by atoms with Crippen molar-refractivity contribution in [3.05, 3.63) is 90.2 Å². The molecule has 0 saturated carbocycles. The summed E-state index contributed by atoms with van der Waals surface area (Å²) < 4.78 is 5.73. The highest BCUT2D eigenvalue weighted by Crippen LogP contribution is 2.20. The van der Waals surface area contributed by atoms with Crippen LogP contribution in [0.4, 0.5) is 0 Å². The second-order valence-electron chi connectivity index (χ2n) is 6.23. The molecule has 4 nitrogen and oxygen atoms in total. The largest absolute Gasteiger partial charge is 0.437 e. The number of hydrogen-bond acceptors (Lipinski definition) is 4. The van der Waals surface area contributed by atoms with Crippen molar-refractivity contribution in [1.29, 1.82) is 0 Å². The minimum absolute atomic E-state index is 0.513. The summed E-state index contributed by atoms with van der Waals surface area (Å²) in [5.41, 5.74) is 4.40. The molecular formula is C21H22N3O. The lowest BCUT2D eigenvalue weighted by Gasteiger charge is -2.17. The number of nitrogens with zero attached hydrogens (tertiary/aromatic N) is 3. The number of ether oxygens (including phenoxy) is 1. The van der Waals surface area contributed by atoms with E-state index >= 15 is 0 Å². The Kier molecular flexibility index (Phi) is 5.41. The Hall–Kier alpha value is -2.72. The molecule has 1 heterocycles. The topological polar surface area (TPSA) is 38.2 Å².